The Kier molecular flexibility index (Phi) is 7.05. The molecule has 3 aromatic rings. The van der Waals surface area contributed by atoms with E-state index in [0.29, 0.717) is 42.5 Å². The zero-order valence-corrected chi connectivity index (χ0v) is 19.5. The molecule has 0 saturated carbocycles. The molecular formula is C24H25FN6O2S. The van der Waals surface area contributed by atoms with Gasteiger partial charge in [0.15, 0.2) is 0 Å². The standard InChI is InChI=1S/C24H25FN6O2S/c1-2-4-19-14-23(29-24(27-19)28-20-6-3-5-17(13-20)15-26)31-12-11-21(16-31)30-34(32,33)22-9-7-18(25)8-10-22/h3,5-10,13-14,21,30H,2,4,11-12,16H2,1H3,(H,27,28,29). The second kappa shape index (κ2) is 10.2. The molecule has 0 aliphatic carbocycles. The van der Waals surface area contributed by atoms with Crippen LogP contribution in [-0.4, -0.2) is 37.5 Å². The SMILES string of the molecule is CCCc1cc(N2CCC(NS(=O)(=O)c3ccc(F)cc3)C2)nc(Nc2cccc(C#N)c2)n1. The quantitative estimate of drug-likeness (QED) is 0.505. The molecule has 0 radical (unpaired) electrons. The fourth-order valence-electron chi connectivity index (χ4n) is 3.85. The van der Waals surface area contributed by atoms with Crippen molar-refractivity contribution in [3.63, 3.8) is 0 Å². The van der Waals surface area contributed by atoms with Gasteiger partial charge in [-0.1, -0.05) is 19.4 Å². The molecule has 2 aromatic carbocycles. The Morgan fingerprint density at radius 2 is 1.97 bits per heavy atom. The number of benzene rings is 2. The minimum atomic E-state index is -3.75. The van der Waals surface area contributed by atoms with Gasteiger partial charge in [-0.25, -0.2) is 22.5 Å². The van der Waals surface area contributed by atoms with Crippen LogP contribution in [0.25, 0.3) is 0 Å². The Morgan fingerprint density at radius 3 is 2.71 bits per heavy atom. The monoisotopic (exact) mass is 480 g/mol. The first-order valence-electron chi connectivity index (χ1n) is 11.0. The second-order valence-corrected chi connectivity index (χ2v) is 9.83. The molecule has 2 N–H and O–H groups in total. The van der Waals surface area contributed by atoms with Gasteiger partial charge >= 0.3 is 0 Å². The van der Waals surface area contributed by atoms with E-state index in [9.17, 15) is 12.8 Å². The molecule has 0 spiro atoms. The normalized spacial score (nSPS) is 15.8. The van der Waals surface area contributed by atoms with Gasteiger partial charge in [-0.3, -0.25) is 0 Å². The maximum Gasteiger partial charge on any atom is 0.240 e. The highest BCUT2D eigenvalue weighted by molar-refractivity contribution is 7.89. The van der Waals surface area contributed by atoms with Crippen LogP contribution in [0, 0.1) is 17.1 Å². The molecule has 176 valence electrons. The van der Waals surface area contributed by atoms with Crippen LogP contribution in [0.5, 0.6) is 0 Å². The maximum atomic E-state index is 13.2. The summed E-state index contributed by atoms with van der Waals surface area (Å²) < 4.78 is 41.2. The van der Waals surface area contributed by atoms with Crippen molar-refractivity contribution in [2.45, 2.75) is 37.1 Å². The van der Waals surface area contributed by atoms with Crippen LogP contribution >= 0.6 is 0 Å². The Hall–Kier alpha value is -3.55. The molecule has 4 rings (SSSR count). The predicted octanol–water partition coefficient (Wildman–Crippen LogP) is 3.74. The number of nitriles is 1. The summed E-state index contributed by atoms with van der Waals surface area (Å²) in [7, 11) is -3.75. The van der Waals surface area contributed by atoms with Crippen LogP contribution in [0.4, 0.5) is 21.8 Å². The van der Waals surface area contributed by atoms with Crippen LogP contribution in [0.15, 0.2) is 59.5 Å². The summed E-state index contributed by atoms with van der Waals surface area (Å²) in [6, 6.07) is 15.6. The fraction of sp³-hybridized carbons (Fsp3) is 0.292. The highest BCUT2D eigenvalue weighted by Crippen LogP contribution is 2.24. The number of hydrogen-bond acceptors (Lipinski definition) is 7. The molecule has 1 aliphatic rings. The lowest BCUT2D eigenvalue weighted by atomic mass is 10.2. The number of nitrogens with one attached hydrogen (secondary N) is 2. The molecule has 10 heteroatoms. The third-order valence-corrected chi connectivity index (χ3v) is 7.01. The molecule has 8 nitrogen and oxygen atoms in total. The van der Waals surface area contributed by atoms with Crippen molar-refractivity contribution in [1.82, 2.24) is 14.7 Å². The molecule has 1 atom stereocenters. The highest BCUT2D eigenvalue weighted by Gasteiger charge is 2.28. The van der Waals surface area contributed by atoms with E-state index in [1.165, 1.54) is 12.1 Å². The summed E-state index contributed by atoms with van der Waals surface area (Å²) in [5.41, 5.74) is 2.12. The smallest absolute Gasteiger partial charge is 0.240 e. The van der Waals surface area contributed by atoms with Gasteiger partial charge in [0, 0.05) is 36.6 Å². The number of hydrogen-bond donors (Lipinski definition) is 2. The van der Waals surface area contributed by atoms with Crippen LogP contribution in [0.3, 0.4) is 0 Å². The molecule has 1 fully saturated rings. The van der Waals surface area contributed by atoms with Crippen LogP contribution in [0.1, 0.15) is 31.0 Å². The second-order valence-electron chi connectivity index (χ2n) is 8.12. The Labute approximate surface area is 198 Å². The molecular weight excluding hydrogens is 455 g/mol. The van der Waals surface area contributed by atoms with Crippen LogP contribution in [-0.2, 0) is 16.4 Å². The van der Waals surface area contributed by atoms with Crippen molar-refractivity contribution in [1.29, 1.82) is 5.26 Å². The lowest BCUT2D eigenvalue weighted by Crippen LogP contribution is -2.37. The van der Waals surface area contributed by atoms with Crippen molar-refractivity contribution in [3.8, 4) is 6.07 Å². The lowest BCUT2D eigenvalue weighted by Gasteiger charge is -2.20. The third kappa shape index (κ3) is 5.68. The average molecular weight is 481 g/mol. The fourth-order valence-corrected chi connectivity index (χ4v) is 5.11. The van der Waals surface area contributed by atoms with E-state index in [1.54, 1.807) is 18.2 Å². The number of anilines is 3. The van der Waals surface area contributed by atoms with Crippen molar-refractivity contribution in [2.24, 2.45) is 0 Å². The predicted molar refractivity (Wildman–Crippen MR) is 128 cm³/mol. The topological polar surface area (TPSA) is 111 Å². The van der Waals surface area contributed by atoms with Gasteiger partial charge < -0.3 is 10.2 Å². The van der Waals surface area contributed by atoms with Crippen LogP contribution < -0.4 is 14.9 Å². The minimum Gasteiger partial charge on any atom is -0.355 e. The van der Waals surface area contributed by atoms with Crippen molar-refractivity contribution < 1.29 is 12.8 Å². The van der Waals surface area contributed by atoms with Gasteiger partial charge in [-0.2, -0.15) is 10.2 Å². The maximum absolute atomic E-state index is 13.2. The van der Waals surface area contributed by atoms with Gasteiger partial charge in [0.1, 0.15) is 11.6 Å². The molecule has 1 unspecified atom stereocenters. The molecule has 1 aromatic heterocycles. The Bertz CT molecular complexity index is 1310. The summed E-state index contributed by atoms with van der Waals surface area (Å²) in [5, 5.41) is 12.3. The van der Waals surface area contributed by atoms with Gasteiger partial charge in [0.2, 0.25) is 16.0 Å². The highest BCUT2D eigenvalue weighted by atomic mass is 32.2. The van der Waals surface area contributed by atoms with E-state index in [4.69, 9.17) is 5.26 Å². The largest absolute Gasteiger partial charge is 0.355 e. The number of halogens is 1. The Morgan fingerprint density at radius 1 is 1.18 bits per heavy atom. The summed E-state index contributed by atoms with van der Waals surface area (Å²) >= 11 is 0. The summed E-state index contributed by atoms with van der Waals surface area (Å²) in [6.07, 6.45) is 2.30. The molecule has 0 bridgehead atoms. The third-order valence-electron chi connectivity index (χ3n) is 5.48. The average Bonchev–Trinajstić information content (AvgIpc) is 3.27. The van der Waals surface area contributed by atoms with E-state index in [0.717, 1.165) is 30.7 Å². The van der Waals surface area contributed by atoms with Crippen molar-refractivity contribution in [2.75, 3.05) is 23.3 Å². The van der Waals surface area contributed by atoms with E-state index in [1.807, 2.05) is 17.0 Å². The van der Waals surface area contributed by atoms with Gasteiger partial charge in [0.25, 0.3) is 0 Å². The zero-order chi connectivity index (χ0) is 24.1. The van der Waals surface area contributed by atoms with E-state index in [2.05, 4.69) is 33.0 Å². The molecule has 1 saturated heterocycles. The van der Waals surface area contributed by atoms with Gasteiger partial charge in [-0.15, -0.1) is 0 Å². The molecule has 34 heavy (non-hydrogen) atoms. The van der Waals surface area contributed by atoms with E-state index < -0.39 is 15.8 Å². The van der Waals surface area contributed by atoms with E-state index in [-0.39, 0.29) is 10.9 Å². The van der Waals surface area contributed by atoms with E-state index >= 15 is 0 Å². The minimum absolute atomic E-state index is 0.0331. The lowest BCUT2D eigenvalue weighted by molar-refractivity contribution is 0.560. The molecule has 1 aliphatic heterocycles. The number of aromatic nitrogens is 2. The van der Waals surface area contributed by atoms with Gasteiger partial charge in [-0.05, 0) is 55.3 Å². The Balaban J connectivity index is 1.51. The first-order chi connectivity index (χ1) is 16.4. The van der Waals surface area contributed by atoms with Crippen molar-refractivity contribution in [3.05, 3.63) is 71.7 Å². The number of aryl methyl sites for hydroxylation is 1. The number of nitrogens with zero attached hydrogens (tertiary/aromatic N) is 4. The number of sulfonamides is 1. The summed E-state index contributed by atoms with van der Waals surface area (Å²) in [6.45, 7) is 3.15. The van der Waals surface area contributed by atoms with Crippen molar-refractivity contribution >= 4 is 27.5 Å². The van der Waals surface area contributed by atoms with Crippen LogP contribution in [0.2, 0.25) is 0 Å². The molecule has 2 heterocycles. The molecule has 0 amide bonds. The first-order valence-corrected chi connectivity index (χ1v) is 12.5. The first kappa shape index (κ1) is 23.6. The summed E-state index contributed by atoms with van der Waals surface area (Å²) in [4.78, 5) is 11.3. The summed E-state index contributed by atoms with van der Waals surface area (Å²) in [5.74, 6) is 0.647. The zero-order valence-electron chi connectivity index (χ0n) is 18.7. The van der Waals surface area contributed by atoms with Gasteiger partial charge in [0.05, 0.1) is 16.5 Å². The number of rotatable bonds is 8.